The second kappa shape index (κ2) is 9.23. The summed E-state index contributed by atoms with van der Waals surface area (Å²) >= 11 is 0. The molecule has 8 nitrogen and oxygen atoms in total. The lowest BCUT2D eigenvalue weighted by molar-refractivity contribution is -0.140. The van der Waals surface area contributed by atoms with Crippen LogP contribution in [-0.2, 0) is 23.8 Å². The standard InChI is InChI=1S/C22H22N2O6/c1-14-5-4-6-15(11-14)20(25)23-16-7-9-17(10-8-16)24-13-30-12-18(21(26)28-2)19(24)22(27)29-3/h4-11H,12-13H2,1-3H3,(H,23,25). The summed E-state index contributed by atoms with van der Waals surface area (Å²) in [5.74, 6) is -1.56. The van der Waals surface area contributed by atoms with Gasteiger partial charge < -0.3 is 24.4 Å². The van der Waals surface area contributed by atoms with E-state index in [2.05, 4.69) is 5.32 Å². The van der Waals surface area contributed by atoms with Gasteiger partial charge in [0, 0.05) is 16.9 Å². The predicted octanol–water partition coefficient (Wildman–Crippen LogP) is 2.64. The molecule has 0 atom stereocenters. The number of methoxy groups -OCH3 is 2. The molecule has 0 spiro atoms. The molecule has 1 aliphatic rings. The fraction of sp³-hybridized carbons (Fsp3) is 0.227. The third-order valence-corrected chi connectivity index (χ3v) is 4.55. The number of hydrogen-bond donors (Lipinski definition) is 1. The fourth-order valence-corrected chi connectivity index (χ4v) is 3.06. The van der Waals surface area contributed by atoms with Crippen molar-refractivity contribution in [2.75, 3.05) is 37.8 Å². The Balaban J connectivity index is 1.84. The van der Waals surface area contributed by atoms with E-state index in [-0.39, 0.29) is 30.5 Å². The highest BCUT2D eigenvalue weighted by Crippen LogP contribution is 2.27. The van der Waals surface area contributed by atoms with E-state index in [1.54, 1.807) is 36.4 Å². The van der Waals surface area contributed by atoms with E-state index < -0.39 is 11.9 Å². The van der Waals surface area contributed by atoms with E-state index in [1.165, 1.54) is 19.1 Å². The summed E-state index contributed by atoms with van der Waals surface area (Å²) < 4.78 is 15.0. The highest BCUT2D eigenvalue weighted by Gasteiger charge is 2.32. The van der Waals surface area contributed by atoms with E-state index in [0.29, 0.717) is 16.9 Å². The third kappa shape index (κ3) is 4.49. The number of nitrogens with zero attached hydrogens (tertiary/aromatic N) is 1. The summed E-state index contributed by atoms with van der Waals surface area (Å²) in [4.78, 5) is 38.3. The van der Waals surface area contributed by atoms with Gasteiger partial charge in [0.05, 0.1) is 26.4 Å². The lowest BCUT2D eigenvalue weighted by Gasteiger charge is -2.31. The molecule has 0 unspecified atom stereocenters. The molecule has 0 bridgehead atoms. The number of benzene rings is 2. The summed E-state index contributed by atoms with van der Waals surface area (Å²) in [6.45, 7) is 1.92. The largest absolute Gasteiger partial charge is 0.466 e. The first-order chi connectivity index (χ1) is 14.4. The number of carbonyl (C=O) groups is 3. The van der Waals surface area contributed by atoms with E-state index in [9.17, 15) is 14.4 Å². The molecule has 156 valence electrons. The van der Waals surface area contributed by atoms with Gasteiger partial charge in [-0.2, -0.15) is 0 Å². The van der Waals surface area contributed by atoms with Crippen LogP contribution in [0.25, 0.3) is 0 Å². The van der Waals surface area contributed by atoms with Crippen LogP contribution >= 0.6 is 0 Å². The molecule has 0 radical (unpaired) electrons. The highest BCUT2D eigenvalue weighted by atomic mass is 16.5. The molecule has 8 heteroatoms. The van der Waals surface area contributed by atoms with Crippen molar-refractivity contribution in [1.29, 1.82) is 0 Å². The summed E-state index contributed by atoms with van der Waals surface area (Å²) in [6.07, 6.45) is 0. The van der Waals surface area contributed by atoms with E-state index in [1.807, 2.05) is 19.1 Å². The van der Waals surface area contributed by atoms with Gasteiger partial charge in [-0.05, 0) is 43.3 Å². The molecule has 1 amide bonds. The number of anilines is 2. The smallest absolute Gasteiger partial charge is 0.355 e. The normalized spacial score (nSPS) is 13.6. The fourth-order valence-electron chi connectivity index (χ4n) is 3.06. The first-order valence-corrected chi connectivity index (χ1v) is 9.17. The van der Waals surface area contributed by atoms with Crippen LogP contribution in [0.2, 0.25) is 0 Å². The molecular formula is C22H22N2O6. The van der Waals surface area contributed by atoms with E-state index in [4.69, 9.17) is 14.2 Å². The lowest BCUT2D eigenvalue weighted by atomic mass is 10.1. The van der Waals surface area contributed by atoms with Crippen molar-refractivity contribution in [3.63, 3.8) is 0 Å². The Morgan fingerprint density at radius 3 is 2.33 bits per heavy atom. The van der Waals surface area contributed by atoms with Crippen LogP contribution in [0.15, 0.2) is 59.8 Å². The molecule has 30 heavy (non-hydrogen) atoms. The first-order valence-electron chi connectivity index (χ1n) is 9.17. The number of aryl methyl sites for hydroxylation is 1. The highest BCUT2D eigenvalue weighted by molar-refractivity contribution is 6.05. The minimum atomic E-state index is -0.671. The second-order valence-corrected chi connectivity index (χ2v) is 6.59. The van der Waals surface area contributed by atoms with Crippen molar-refractivity contribution in [3.05, 3.63) is 70.9 Å². The van der Waals surface area contributed by atoms with Gasteiger partial charge in [0.15, 0.2) is 0 Å². The van der Waals surface area contributed by atoms with Crippen molar-refractivity contribution < 1.29 is 28.6 Å². The van der Waals surface area contributed by atoms with E-state index in [0.717, 1.165) is 5.56 Å². The molecule has 2 aromatic rings. The molecule has 2 aromatic carbocycles. The second-order valence-electron chi connectivity index (χ2n) is 6.59. The number of hydrogen-bond acceptors (Lipinski definition) is 7. The summed E-state index contributed by atoms with van der Waals surface area (Å²) in [7, 11) is 2.47. The lowest BCUT2D eigenvalue weighted by Crippen LogP contribution is -2.38. The quantitative estimate of drug-likeness (QED) is 0.758. The van der Waals surface area contributed by atoms with E-state index >= 15 is 0 Å². The molecule has 1 N–H and O–H groups in total. The van der Waals surface area contributed by atoms with Gasteiger partial charge in [0.1, 0.15) is 12.4 Å². The van der Waals surface area contributed by atoms with Gasteiger partial charge in [-0.3, -0.25) is 4.79 Å². The van der Waals surface area contributed by atoms with Crippen LogP contribution in [0.4, 0.5) is 11.4 Å². The third-order valence-electron chi connectivity index (χ3n) is 4.55. The molecule has 0 aliphatic carbocycles. The average Bonchev–Trinajstić information content (AvgIpc) is 2.78. The van der Waals surface area contributed by atoms with Gasteiger partial charge in [0.2, 0.25) is 0 Å². The maximum absolute atomic E-state index is 12.4. The maximum atomic E-state index is 12.4. The Labute approximate surface area is 174 Å². The SMILES string of the molecule is COC(=O)C1=C(C(=O)OC)N(c2ccc(NC(=O)c3cccc(C)c3)cc2)COC1. The van der Waals surface area contributed by atoms with Gasteiger partial charge in [-0.15, -0.1) is 0 Å². The molecule has 1 heterocycles. The molecule has 0 saturated carbocycles. The number of ether oxygens (including phenoxy) is 3. The van der Waals surface area contributed by atoms with Crippen LogP contribution in [0, 0.1) is 6.92 Å². The summed E-state index contributed by atoms with van der Waals surface area (Å²) in [5, 5.41) is 2.83. The average molecular weight is 410 g/mol. The zero-order chi connectivity index (χ0) is 21.7. The van der Waals surface area contributed by atoms with Crippen molar-refractivity contribution in [1.82, 2.24) is 0 Å². The first kappa shape index (κ1) is 21.1. The van der Waals surface area contributed by atoms with Gasteiger partial charge in [-0.25, -0.2) is 9.59 Å². The molecule has 0 fully saturated rings. The van der Waals surface area contributed by atoms with Crippen molar-refractivity contribution in [2.45, 2.75) is 6.92 Å². The molecule has 0 saturated heterocycles. The van der Waals surface area contributed by atoms with Gasteiger partial charge in [-0.1, -0.05) is 17.7 Å². The van der Waals surface area contributed by atoms with Crippen LogP contribution < -0.4 is 10.2 Å². The zero-order valence-electron chi connectivity index (χ0n) is 16.9. The summed E-state index contributed by atoms with van der Waals surface area (Å²) in [5.41, 5.74) is 2.86. The van der Waals surface area contributed by atoms with Crippen molar-refractivity contribution in [2.24, 2.45) is 0 Å². The maximum Gasteiger partial charge on any atom is 0.355 e. The van der Waals surface area contributed by atoms with Crippen molar-refractivity contribution >= 4 is 29.2 Å². The number of nitrogens with one attached hydrogen (secondary N) is 1. The molecule has 0 aromatic heterocycles. The summed E-state index contributed by atoms with van der Waals surface area (Å²) in [6, 6.07) is 14.1. The Morgan fingerprint density at radius 2 is 1.70 bits per heavy atom. The van der Waals surface area contributed by atoms with Gasteiger partial charge >= 0.3 is 11.9 Å². The minimum Gasteiger partial charge on any atom is -0.466 e. The van der Waals surface area contributed by atoms with Crippen molar-refractivity contribution in [3.8, 4) is 0 Å². The Hall–Kier alpha value is -3.65. The molecule has 1 aliphatic heterocycles. The molecule has 3 rings (SSSR count). The van der Waals surface area contributed by atoms with Crippen LogP contribution in [0.3, 0.4) is 0 Å². The number of esters is 2. The monoisotopic (exact) mass is 410 g/mol. The van der Waals surface area contributed by atoms with Crippen LogP contribution in [0.5, 0.6) is 0 Å². The van der Waals surface area contributed by atoms with Crippen LogP contribution in [0.1, 0.15) is 15.9 Å². The Morgan fingerprint density at radius 1 is 1.00 bits per heavy atom. The topological polar surface area (TPSA) is 94.2 Å². The number of amides is 1. The molecular weight excluding hydrogens is 388 g/mol. The van der Waals surface area contributed by atoms with Crippen LogP contribution in [-0.4, -0.2) is 45.4 Å². The minimum absolute atomic E-state index is 0.0555. The zero-order valence-corrected chi connectivity index (χ0v) is 16.9. The Kier molecular flexibility index (Phi) is 6.48. The number of rotatable bonds is 5. The Bertz CT molecular complexity index is 997. The number of carbonyl (C=O) groups excluding carboxylic acids is 3. The van der Waals surface area contributed by atoms with Gasteiger partial charge in [0.25, 0.3) is 5.91 Å². The predicted molar refractivity (Wildman–Crippen MR) is 110 cm³/mol.